The molecule has 1 fully saturated rings. The first-order valence-corrected chi connectivity index (χ1v) is 10.1. The first-order chi connectivity index (χ1) is 15.2. The Bertz CT molecular complexity index is 1160. The van der Waals surface area contributed by atoms with Crippen molar-refractivity contribution < 1.29 is 27.5 Å². The fraction of sp³-hybridized carbons (Fsp3) is 0.227. The van der Waals surface area contributed by atoms with E-state index in [-0.39, 0.29) is 16.6 Å². The highest BCUT2D eigenvalue weighted by Crippen LogP contribution is 2.40. The van der Waals surface area contributed by atoms with E-state index in [2.05, 4.69) is 10.4 Å². The molecule has 0 atom stereocenters. The standard InChI is InChI=1S/C22H17ClF3N3O3/c23-14-8-9-17(16(10-14)22(24,25)26)27-20(30)12-32-21(31)19-11-18(13-6-7-13)28-29(19)15-4-2-1-3-5-15/h1-5,8-11,13H,6-7,12H2,(H,27,30). The van der Waals surface area contributed by atoms with Gasteiger partial charge in [-0.15, -0.1) is 0 Å². The summed E-state index contributed by atoms with van der Waals surface area (Å²) >= 11 is 5.63. The second-order valence-corrected chi connectivity index (χ2v) is 7.72. The maximum Gasteiger partial charge on any atom is 0.418 e. The van der Waals surface area contributed by atoms with Gasteiger partial charge in [-0.3, -0.25) is 4.79 Å². The van der Waals surface area contributed by atoms with E-state index < -0.39 is 35.9 Å². The number of nitrogens with one attached hydrogen (secondary N) is 1. The fourth-order valence-corrected chi connectivity index (χ4v) is 3.31. The molecule has 10 heteroatoms. The van der Waals surface area contributed by atoms with Gasteiger partial charge in [-0.05, 0) is 49.2 Å². The smallest absolute Gasteiger partial charge is 0.418 e. The third-order valence-corrected chi connectivity index (χ3v) is 5.06. The molecule has 0 aliphatic heterocycles. The number of aromatic nitrogens is 2. The summed E-state index contributed by atoms with van der Waals surface area (Å²) < 4.78 is 46.1. The summed E-state index contributed by atoms with van der Waals surface area (Å²) in [7, 11) is 0. The van der Waals surface area contributed by atoms with Gasteiger partial charge in [0.25, 0.3) is 5.91 Å². The number of nitrogens with zero attached hydrogens (tertiary/aromatic N) is 2. The van der Waals surface area contributed by atoms with Crippen molar-refractivity contribution in [2.24, 2.45) is 0 Å². The number of rotatable bonds is 6. The molecule has 1 saturated carbocycles. The van der Waals surface area contributed by atoms with Crippen LogP contribution in [0.2, 0.25) is 5.02 Å². The number of carbonyl (C=O) groups excluding carboxylic acids is 2. The van der Waals surface area contributed by atoms with E-state index in [0.29, 0.717) is 11.8 Å². The summed E-state index contributed by atoms with van der Waals surface area (Å²) in [6, 6.07) is 13.5. The molecular formula is C22H17ClF3N3O3. The molecule has 1 aliphatic carbocycles. The molecule has 166 valence electrons. The Kier molecular flexibility index (Phi) is 5.92. The third-order valence-electron chi connectivity index (χ3n) is 4.83. The van der Waals surface area contributed by atoms with Crippen LogP contribution in [0.4, 0.5) is 18.9 Å². The van der Waals surface area contributed by atoms with Crippen molar-refractivity contribution in [2.75, 3.05) is 11.9 Å². The van der Waals surface area contributed by atoms with Gasteiger partial charge in [0.15, 0.2) is 12.3 Å². The van der Waals surface area contributed by atoms with Crippen LogP contribution in [0.25, 0.3) is 5.69 Å². The molecule has 3 aromatic rings. The minimum absolute atomic E-state index is 0.123. The monoisotopic (exact) mass is 463 g/mol. The van der Waals surface area contributed by atoms with Gasteiger partial charge in [-0.1, -0.05) is 29.8 Å². The molecule has 0 saturated heterocycles. The molecule has 1 aromatic heterocycles. The minimum Gasteiger partial charge on any atom is -0.451 e. The first-order valence-electron chi connectivity index (χ1n) is 9.71. The number of ether oxygens (including phenoxy) is 1. The minimum atomic E-state index is -4.72. The highest BCUT2D eigenvalue weighted by atomic mass is 35.5. The Labute approximate surface area is 185 Å². The number of carbonyl (C=O) groups is 2. The lowest BCUT2D eigenvalue weighted by atomic mass is 10.1. The molecule has 1 N–H and O–H groups in total. The van der Waals surface area contributed by atoms with Gasteiger partial charge in [0, 0.05) is 10.9 Å². The highest BCUT2D eigenvalue weighted by Gasteiger charge is 2.34. The van der Waals surface area contributed by atoms with E-state index in [1.807, 2.05) is 6.07 Å². The first kappa shape index (κ1) is 21.9. The molecule has 32 heavy (non-hydrogen) atoms. The predicted octanol–water partition coefficient (Wildman–Crippen LogP) is 5.22. The second kappa shape index (κ2) is 8.66. The normalized spacial score (nSPS) is 13.6. The van der Waals surface area contributed by atoms with Crippen molar-refractivity contribution in [1.82, 2.24) is 9.78 Å². The molecule has 4 rings (SSSR count). The number of esters is 1. The summed E-state index contributed by atoms with van der Waals surface area (Å²) in [5, 5.41) is 6.47. The molecule has 1 amide bonds. The average molecular weight is 464 g/mol. The van der Waals surface area contributed by atoms with Crippen molar-refractivity contribution in [3.8, 4) is 5.69 Å². The van der Waals surface area contributed by atoms with E-state index in [0.717, 1.165) is 24.6 Å². The van der Waals surface area contributed by atoms with Crippen LogP contribution < -0.4 is 5.32 Å². The maximum absolute atomic E-state index is 13.2. The molecule has 6 nitrogen and oxygen atoms in total. The maximum atomic E-state index is 13.2. The number of halogens is 4. The topological polar surface area (TPSA) is 73.2 Å². The number of alkyl halides is 3. The van der Waals surface area contributed by atoms with E-state index in [9.17, 15) is 22.8 Å². The van der Waals surface area contributed by atoms with Gasteiger partial charge in [0.2, 0.25) is 0 Å². The summed E-state index contributed by atoms with van der Waals surface area (Å²) in [4.78, 5) is 24.8. The summed E-state index contributed by atoms with van der Waals surface area (Å²) in [5.41, 5.74) is -0.0457. The highest BCUT2D eigenvalue weighted by molar-refractivity contribution is 6.30. The summed E-state index contributed by atoms with van der Waals surface area (Å²) in [6.45, 7) is -0.766. The van der Waals surface area contributed by atoms with Gasteiger partial charge in [0.05, 0.1) is 22.6 Å². The fourth-order valence-electron chi connectivity index (χ4n) is 3.14. The zero-order chi connectivity index (χ0) is 22.9. The van der Waals surface area contributed by atoms with Crippen LogP contribution in [0.1, 0.15) is 40.5 Å². The summed E-state index contributed by atoms with van der Waals surface area (Å²) in [6.07, 6.45) is -2.76. The van der Waals surface area contributed by atoms with Gasteiger partial charge < -0.3 is 10.1 Å². The SMILES string of the molecule is O=C(COC(=O)c1cc(C2CC2)nn1-c1ccccc1)Nc1ccc(Cl)cc1C(F)(F)F. The van der Waals surface area contributed by atoms with E-state index in [1.165, 1.54) is 10.7 Å². The predicted molar refractivity (Wildman–Crippen MR) is 111 cm³/mol. The zero-order valence-corrected chi connectivity index (χ0v) is 17.3. The van der Waals surface area contributed by atoms with Crippen molar-refractivity contribution in [1.29, 1.82) is 0 Å². The molecule has 0 unspecified atom stereocenters. The Morgan fingerprint density at radius 1 is 1.12 bits per heavy atom. The van der Waals surface area contributed by atoms with Gasteiger partial charge in [-0.25, -0.2) is 9.48 Å². The number of hydrogen-bond acceptors (Lipinski definition) is 4. The number of anilines is 1. The van der Waals surface area contributed by atoms with Crippen LogP contribution in [0.5, 0.6) is 0 Å². The Morgan fingerprint density at radius 3 is 2.50 bits per heavy atom. The molecular weight excluding hydrogens is 447 g/mol. The van der Waals surface area contributed by atoms with Crippen LogP contribution in [-0.4, -0.2) is 28.3 Å². The van der Waals surface area contributed by atoms with E-state index >= 15 is 0 Å². The quantitative estimate of drug-likeness (QED) is 0.509. The molecule has 0 bridgehead atoms. The average Bonchev–Trinajstić information content (AvgIpc) is 3.51. The molecule has 0 spiro atoms. The molecule has 1 heterocycles. The van der Waals surface area contributed by atoms with Gasteiger partial charge in [0.1, 0.15) is 0 Å². The third kappa shape index (κ3) is 4.94. The lowest BCUT2D eigenvalue weighted by Crippen LogP contribution is -2.23. The van der Waals surface area contributed by atoms with Crippen molar-refractivity contribution in [2.45, 2.75) is 24.9 Å². The van der Waals surface area contributed by atoms with Crippen molar-refractivity contribution >= 4 is 29.2 Å². The van der Waals surface area contributed by atoms with Crippen molar-refractivity contribution in [3.05, 3.63) is 76.6 Å². The van der Waals surface area contributed by atoms with Crippen LogP contribution in [-0.2, 0) is 15.7 Å². The number of amides is 1. The number of para-hydroxylation sites is 1. The zero-order valence-electron chi connectivity index (χ0n) is 16.5. The number of benzene rings is 2. The van der Waals surface area contributed by atoms with E-state index in [1.54, 1.807) is 30.3 Å². The van der Waals surface area contributed by atoms with Crippen LogP contribution in [0.15, 0.2) is 54.6 Å². The molecule has 2 aromatic carbocycles. The Morgan fingerprint density at radius 2 is 1.84 bits per heavy atom. The lowest BCUT2D eigenvalue weighted by Gasteiger charge is -2.14. The molecule has 1 aliphatic rings. The largest absolute Gasteiger partial charge is 0.451 e. The van der Waals surface area contributed by atoms with Crippen LogP contribution in [0.3, 0.4) is 0 Å². The Hall–Kier alpha value is -3.33. The van der Waals surface area contributed by atoms with Gasteiger partial charge in [-0.2, -0.15) is 18.3 Å². The molecule has 0 radical (unpaired) electrons. The van der Waals surface area contributed by atoms with E-state index in [4.69, 9.17) is 16.3 Å². The van der Waals surface area contributed by atoms with Crippen LogP contribution >= 0.6 is 11.6 Å². The second-order valence-electron chi connectivity index (χ2n) is 7.29. The summed E-state index contributed by atoms with van der Waals surface area (Å²) in [5.74, 6) is -1.45. The van der Waals surface area contributed by atoms with Crippen LogP contribution in [0, 0.1) is 0 Å². The van der Waals surface area contributed by atoms with Gasteiger partial charge >= 0.3 is 12.1 Å². The Balaban J connectivity index is 1.47. The number of hydrogen-bond donors (Lipinski definition) is 1. The lowest BCUT2D eigenvalue weighted by molar-refractivity contribution is -0.137. The van der Waals surface area contributed by atoms with Crippen molar-refractivity contribution in [3.63, 3.8) is 0 Å².